The number of aryl methyl sites for hydroxylation is 2. The fraction of sp³-hybridized carbons (Fsp3) is 0.281. The third-order valence-corrected chi connectivity index (χ3v) is 15.7. The van der Waals surface area contributed by atoms with Gasteiger partial charge in [-0.1, -0.05) is 114 Å². The molecule has 0 radical (unpaired) electrons. The number of methoxy groups -OCH3 is 2. The predicted octanol–water partition coefficient (Wildman–Crippen LogP) is 15.3. The van der Waals surface area contributed by atoms with Crippen molar-refractivity contribution in [1.29, 1.82) is 5.26 Å². The van der Waals surface area contributed by atoms with Crippen molar-refractivity contribution < 1.29 is 50.1 Å². The summed E-state index contributed by atoms with van der Waals surface area (Å²) in [6.45, 7) is 53.3. The first-order valence-corrected chi connectivity index (χ1v) is 33.5. The van der Waals surface area contributed by atoms with Crippen molar-refractivity contribution in [3.63, 3.8) is 0 Å². The maximum absolute atomic E-state index is 10.6. The molecule has 14 atom stereocenters. The predicted molar refractivity (Wildman–Crippen MR) is 426 cm³/mol. The van der Waals surface area contributed by atoms with Crippen LogP contribution in [0, 0.1) is 168 Å². The van der Waals surface area contributed by atoms with Crippen LogP contribution in [0.5, 0.6) is 11.5 Å². The number of hydrogen-bond acceptors (Lipinski definition) is 12. The zero-order valence-electron chi connectivity index (χ0n) is 60.9. The smallest absolute Gasteiger partial charge is 0.275 e. The summed E-state index contributed by atoms with van der Waals surface area (Å²) in [5.74, 6) is 17.8. The maximum atomic E-state index is 10.6. The first kappa shape index (κ1) is 94.4. The summed E-state index contributed by atoms with van der Waals surface area (Å²) in [7, 11) is 3.14. The lowest BCUT2D eigenvalue weighted by molar-refractivity contribution is -0.384. The number of ether oxygens (including phenoxy) is 2. The molecule has 0 aromatic heterocycles. The zero-order valence-corrected chi connectivity index (χ0v) is 61.7. The van der Waals surface area contributed by atoms with Crippen LogP contribution in [0.3, 0.4) is 0 Å². The largest absolute Gasteiger partial charge is 0.497 e. The van der Waals surface area contributed by atoms with E-state index >= 15 is 0 Å². The summed E-state index contributed by atoms with van der Waals surface area (Å²) >= 11 is 5.80. The summed E-state index contributed by atoms with van der Waals surface area (Å²) < 4.78 is 10.1. The second-order valence-electron chi connectivity index (χ2n) is 23.4. The van der Waals surface area contributed by atoms with Crippen molar-refractivity contribution in [3.8, 4) is 104 Å². The zero-order chi connectivity index (χ0) is 82.5. The SMILES string of the molecule is [C-]#[N+]C(c1ccc(C)cc1)C(O)CC#C.[C-]#[N+]C(c1ccc(OC)cc1)C(O)CC#C.[C-]#[N+]C(c1cccc(C#N)c1)C(O)CC#C.[C-]#[N+]C(c1cccc(C)c1)C(O)CC#C.[C-]#[N+]C(c1cccc(Cl)c1)C(O)CC#C.[C-]#[N+]C(c1cccc(OC)c1)C(O)CC#C.[C-]#[N+]C(c1cccc([N+](=O)[O-])c1)C(O)CC#C. The normalized spacial score (nSPS) is 13.3. The molecular weight excluding hydrogens is 1410 g/mol. The van der Waals surface area contributed by atoms with Gasteiger partial charge >= 0.3 is 0 Å². The second-order valence-corrected chi connectivity index (χ2v) is 23.8. The highest BCUT2D eigenvalue weighted by molar-refractivity contribution is 6.30. The Balaban J connectivity index is 0.000000642. The van der Waals surface area contributed by atoms with Crippen LogP contribution in [-0.2, 0) is 0 Å². The lowest BCUT2D eigenvalue weighted by atomic mass is 9.98. The van der Waals surface area contributed by atoms with Crippen LogP contribution in [0.25, 0.3) is 33.9 Å². The number of nitro benzene ring substituents is 1. The first-order chi connectivity index (χ1) is 52.8. The topological polar surface area (TPSA) is 258 Å². The molecule has 7 N–H and O–H groups in total. The highest BCUT2D eigenvalue weighted by Gasteiger charge is 2.31. The maximum Gasteiger partial charge on any atom is 0.275 e. The average molecular weight is 1490 g/mol. The minimum Gasteiger partial charge on any atom is -0.497 e. The summed E-state index contributed by atoms with van der Waals surface area (Å²) in [4.78, 5) is 33.6. The molecule has 0 spiro atoms. The van der Waals surface area contributed by atoms with Crippen molar-refractivity contribution in [2.75, 3.05) is 14.2 Å². The standard InChI is InChI=1S/C13H10N2O.2C13H13NO2.2C13H13NO.C12H10ClNO.C12H10N2O3/c1-3-5-12(16)13(15-2)11-7-4-6-10(8-11)9-14;1-4-6-12(15)13(14-2)10-7-5-8-11(9-10)16-3;1-4-5-12(15)13(14-2)10-6-8-11(16-3)9-7-10;1-4-6-12(15)13(14-3)11-8-5-7-10(2)9-11;1-4-5-12(15)13(14-3)11-8-6-10(2)7-9-11;1-3-5-11(15)12(14-2)9-6-4-7-10(13)8-9;1-3-5-11(15)12(13-2)9-6-4-7-10(8-9)14(16)17/h1,4,6-8,12-13,16H,5H2;1,5,7-9,12-13,15H,6H2,3H3;1,6-9,12-13,15H,5H2,3H3;1,5,7-9,12-13,15H,6H2,2H3;1,6-9,12-13,15H,5H2,2H3;1,4,6-8,11-12,15H,5H2;1,4,6-8,11-12,15H,5H2. The number of halogens is 1. The Morgan fingerprint density at radius 1 is 0.382 bits per heavy atom. The summed E-state index contributed by atoms with van der Waals surface area (Å²) in [5.41, 5.74) is 7.40. The van der Waals surface area contributed by atoms with E-state index < -0.39 is 89.9 Å². The number of aliphatic hydroxyl groups is 7. The van der Waals surface area contributed by atoms with Crippen LogP contribution in [0.1, 0.15) is 143 Å². The fourth-order valence-electron chi connectivity index (χ4n) is 9.86. The number of aliphatic hydroxyl groups excluding tert-OH is 7. The number of hydrogen-bond donors (Lipinski definition) is 7. The van der Waals surface area contributed by atoms with Crippen LogP contribution in [0.4, 0.5) is 5.69 Å². The van der Waals surface area contributed by atoms with Gasteiger partial charge in [0.2, 0.25) is 0 Å². The number of nitriles is 1. The van der Waals surface area contributed by atoms with E-state index in [2.05, 4.69) is 75.4 Å². The summed E-state index contributed by atoms with van der Waals surface area (Å²) in [5, 5.41) is 87.7. The lowest BCUT2D eigenvalue weighted by Gasteiger charge is -2.11. The van der Waals surface area contributed by atoms with E-state index in [1.54, 1.807) is 117 Å². The molecule has 21 heteroatoms. The van der Waals surface area contributed by atoms with E-state index in [1.807, 2.05) is 68.4 Å². The van der Waals surface area contributed by atoms with Crippen LogP contribution < -0.4 is 9.47 Å². The Bertz CT molecular complexity index is 4650. The molecule has 0 aliphatic heterocycles. The quantitative estimate of drug-likeness (QED) is 0.0129. The van der Waals surface area contributed by atoms with Crippen molar-refractivity contribution >= 4 is 17.3 Å². The van der Waals surface area contributed by atoms with Crippen LogP contribution in [-0.4, -0.2) is 97.6 Å². The van der Waals surface area contributed by atoms with E-state index in [9.17, 15) is 45.9 Å². The Kier molecular flexibility index (Phi) is 46.4. The van der Waals surface area contributed by atoms with Crippen molar-refractivity contribution in [1.82, 2.24) is 0 Å². The summed E-state index contributed by atoms with van der Waals surface area (Å²) in [6.07, 6.45) is 30.8. The van der Waals surface area contributed by atoms with Gasteiger partial charge in [-0.2, -0.15) is 5.26 Å². The third-order valence-electron chi connectivity index (χ3n) is 15.5. The van der Waals surface area contributed by atoms with Gasteiger partial charge in [0.05, 0.1) is 30.8 Å². The van der Waals surface area contributed by atoms with Gasteiger partial charge in [0.15, 0.2) is 0 Å². The Hall–Kier alpha value is -13.6. The average Bonchev–Trinajstić information content (AvgIpc) is 0.893. The Morgan fingerprint density at radius 2 is 0.673 bits per heavy atom. The van der Waals surface area contributed by atoms with Gasteiger partial charge in [0.25, 0.3) is 48.0 Å². The van der Waals surface area contributed by atoms with E-state index in [1.165, 1.54) is 18.2 Å². The van der Waals surface area contributed by atoms with Gasteiger partial charge < -0.3 is 79.1 Å². The molecule has 7 aromatic carbocycles. The molecule has 556 valence electrons. The molecule has 0 bridgehead atoms. The molecule has 0 heterocycles. The fourth-order valence-corrected chi connectivity index (χ4v) is 10.1. The van der Waals surface area contributed by atoms with Gasteiger partial charge in [-0.25, -0.2) is 46.0 Å². The molecule has 0 fully saturated rings. The highest BCUT2D eigenvalue weighted by atomic mass is 35.5. The molecule has 0 aliphatic carbocycles. The lowest BCUT2D eigenvalue weighted by Crippen LogP contribution is -2.15. The van der Waals surface area contributed by atoms with E-state index in [0.717, 1.165) is 39.1 Å². The number of nitro groups is 1. The van der Waals surface area contributed by atoms with Gasteiger partial charge in [-0.05, 0) is 80.6 Å². The molecule has 20 nitrogen and oxygen atoms in total. The van der Waals surface area contributed by atoms with Gasteiger partial charge in [-0.15, -0.1) is 86.4 Å². The molecule has 0 aliphatic rings. The molecular formula is C89H82ClN9O11. The monoisotopic (exact) mass is 1490 g/mol. The minimum absolute atomic E-state index is 0.0374. The van der Waals surface area contributed by atoms with Crippen molar-refractivity contribution in [2.24, 2.45) is 0 Å². The van der Waals surface area contributed by atoms with Gasteiger partial charge in [0.1, 0.15) is 54.2 Å². The van der Waals surface area contributed by atoms with E-state index in [4.69, 9.17) is 117 Å². The van der Waals surface area contributed by atoms with E-state index in [-0.39, 0.29) is 50.6 Å². The van der Waals surface area contributed by atoms with Crippen LogP contribution >= 0.6 is 11.6 Å². The number of rotatable bonds is 24. The Labute approximate surface area is 651 Å². The molecule has 14 unspecified atom stereocenters. The number of benzene rings is 7. The van der Waals surface area contributed by atoms with Gasteiger partial charge in [0, 0.05) is 101 Å². The van der Waals surface area contributed by atoms with Gasteiger partial charge in [-0.3, -0.25) is 10.1 Å². The molecule has 0 saturated carbocycles. The van der Waals surface area contributed by atoms with Crippen LogP contribution in [0.2, 0.25) is 5.02 Å². The third kappa shape index (κ3) is 33.2. The molecule has 7 aromatic rings. The second kappa shape index (κ2) is 54.1. The van der Waals surface area contributed by atoms with E-state index in [0.29, 0.717) is 33.0 Å². The summed E-state index contributed by atoms with van der Waals surface area (Å²) in [6, 6.07) is 45.9. The van der Waals surface area contributed by atoms with Crippen LogP contribution in [0.15, 0.2) is 170 Å². The number of terminal acetylenes is 7. The molecule has 0 saturated heterocycles. The number of non-ortho nitro benzene ring substituents is 1. The molecule has 7 rings (SSSR count). The number of nitrogens with zero attached hydrogens (tertiary/aromatic N) is 9. The minimum atomic E-state index is -1.01. The first-order valence-electron chi connectivity index (χ1n) is 33.1. The highest BCUT2D eigenvalue weighted by Crippen LogP contribution is 2.32. The Morgan fingerprint density at radius 3 is 0.991 bits per heavy atom. The molecule has 0 amide bonds. The molecule has 110 heavy (non-hydrogen) atoms. The van der Waals surface area contributed by atoms with Crippen molar-refractivity contribution in [2.45, 2.75) is 144 Å². The van der Waals surface area contributed by atoms with Crippen molar-refractivity contribution in [3.05, 3.63) is 321 Å².